The van der Waals surface area contributed by atoms with Crippen molar-refractivity contribution in [3.63, 3.8) is 0 Å². The highest BCUT2D eigenvalue weighted by atomic mass is 32.1. The van der Waals surface area contributed by atoms with Crippen LogP contribution < -0.4 is 10.6 Å². The Morgan fingerprint density at radius 2 is 1.78 bits per heavy atom. The van der Waals surface area contributed by atoms with Gasteiger partial charge in [0.05, 0.1) is 29.2 Å². The van der Waals surface area contributed by atoms with Crippen LogP contribution in [0.4, 0.5) is 43.8 Å². The van der Waals surface area contributed by atoms with E-state index in [1.807, 2.05) is 0 Å². The van der Waals surface area contributed by atoms with E-state index < -0.39 is 28.6 Å². The number of methoxy groups -OCH3 is 1. The number of thiazole rings is 1. The van der Waals surface area contributed by atoms with Crippen LogP contribution in [0.2, 0.25) is 0 Å². The number of pyridine rings is 2. The van der Waals surface area contributed by atoms with E-state index in [-0.39, 0.29) is 36.1 Å². The lowest BCUT2D eigenvalue weighted by atomic mass is 10.1. The molecule has 0 aliphatic rings. The van der Waals surface area contributed by atoms with Gasteiger partial charge < -0.3 is 15.4 Å². The SMILES string of the molecule is CCNc1nc(Nc2cc(COC)nc3nc(-c4ncsc4C(F)(F)F)ccc23)ncc1C(F)(F)F. The van der Waals surface area contributed by atoms with Crippen molar-refractivity contribution in [3.8, 4) is 11.4 Å². The van der Waals surface area contributed by atoms with Gasteiger partial charge in [0.15, 0.2) is 5.65 Å². The molecule has 0 radical (unpaired) electrons. The van der Waals surface area contributed by atoms with Crippen molar-refractivity contribution in [2.75, 3.05) is 24.3 Å². The Kier molecular flexibility index (Phi) is 6.95. The Hall–Kier alpha value is -3.59. The number of anilines is 3. The molecule has 0 amide bonds. The maximum atomic E-state index is 13.4. The fraction of sp³-hybridized carbons (Fsp3) is 0.286. The van der Waals surface area contributed by atoms with Crippen LogP contribution in [0.3, 0.4) is 0 Å². The van der Waals surface area contributed by atoms with Crippen LogP contribution in [-0.2, 0) is 23.7 Å². The second-order valence-corrected chi connectivity index (χ2v) is 8.15. The summed E-state index contributed by atoms with van der Waals surface area (Å²) in [6, 6.07) is 4.40. The number of nitrogens with one attached hydrogen (secondary N) is 2. The van der Waals surface area contributed by atoms with Gasteiger partial charge in [-0.2, -0.15) is 31.3 Å². The fourth-order valence-electron chi connectivity index (χ4n) is 3.32. The maximum absolute atomic E-state index is 13.4. The average Bonchev–Trinajstić information content (AvgIpc) is 3.29. The summed E-state index contributed by atoms with van der Waals surface area (Å²) in [6.45, 7) is 1.86. The van der Waals surface area contributed by atoms with Crippen LogP contribution in [0, 0.1) is 0 Å². The molecule has 190 valence electrons. The van der Waals surface area contributed by atoms with Crippen LogP contribution in [0.1, 0.15) is 23.1 Å². The lowest BCUT2D eigenvalue weighted by Crippen LogP contribution is -2.14. The topological polar surface area (TPSA) is 97.7 Å². The largest absolute Gasteiger partial charge is 0.427 e. The molecule has 0 aromatic carbocycles. The van der Waals surface area contributed by atoms with Gasteiger partial charge in [-0.3, -0.25) is 0 Å². The first-order valence-corrected chi connectivity index (χ1v) is 11.1. The number of halogens is 6. The number of rotatable bonds is 7. The summed E-state index contributed by atoms with van der Waals surface area (Å²) < 4.78 is 85.0. The van der Waals surface area contributed by atoms with Gasteiger partial charge in [-0.1, -0.05) is 0 Å². The zero-order chi connectivity index (χ0) is 26.1. The van der Waals surface area contributed by atoms with Crippen LogP contribution in [0.25, 0.3) is 22.4 Å². The highest BCUT2D eigenvalue weighted by Crippen LogP contribution is 2.39. The zero-order valence-electron chi connectivity index (χ0n) is 18.6. The summed E-state index contributed by atoms with van der Waals surface area (Å²) in [5.41, 5.74) is 0.450. The van der Waals surface area contributed by atoms with E-state index in [9.17, 15) is 26.3 Å². The highest BCUT2D eigenvalue weighted by Gasteiger charge is 2.37. The minimum atomic E-state index is -4.66. The molecule has 2 N–H and O–H groups in total. The summed E-state index contributed by atoms with van der Waals surface area (Å²) >= 11 is 0.450. The molecule has 0 atom stereocenters. The molecule has 4 aromatic heterocycles. The van der Waals surface area contributed by atoms with Crippen molar-refractivity contribution >= 4 is 39.8 Å². The molecule has 0 fully saturated rings. The molecule has 0 unspecified atom stereocenters. The van der Waals surface area contributed by atoms with E-state index in [1.54, 1.807) is 13.0 Å². The molecule has 36 heavy (non-hydrogen) atoms. The standard InChI is InChI=1S/C21H17F6N7OS/c1-3-28-18-12(20(22,23)24)7-29-19(34-18)33-14-6-10(8-35-2)31-17-11(14)4-5-13(32-17)15-16(21(25,26)27)36-9-30-15/h4-7,9H,3,8H2,1-2H3,(H2,28,29,31,32,33,34). The van der Waals surface area contributed by atoms with E-state index in [0.29, 0.717) is 34.3 Å². The Morgan fingerprint density at radius 3 is 2.44 bits per heavy atom. The lowest BCUT2D eigenvalue weighted by Gasteiger charge is -2.15. The van der Waals surface area contributed by atoms with E-state index >= 15 is 0 Å². The highest BCUT2D eigenvalue weighted by molar-refractivity contribution is 7.10. The summed E-state index contributed by atoms with van der Waals surface area (Å²) in [5, 5.41) is 5.79. The number of aromatic nitrogens is 5. The van der Waals surface area contributed by atoms with Gasteiger partial charge in [0.25, 0.3) is 0 Å². The van der Waals surface area contributed by atoms with Crippen LogP contribution in [0.15, 0.2) is 29.9 Å². The quantitative estimate of drug-likeness (QED) is 0.286. The van der Waals surface area contributed by atoms with Crippen LogP contribution in [-0.4, -0.2) is 38.6 Å². The Bertz CT molecular complexity index is 1390. The van der Waals surface area contributed by atoms with Crippen molar-refractivity contribution in [1.82, 2.24) is 24.9 Å². The average molecular weight is 529 g/mol. The molecule has 4 aromatic rings. The Labute approximate surface area is 203 Å². The molecule has 0 saturated carbocycles. The number of ether oxygens (including phenoxy) is 1. The van der Waals surface area contributed by atoms with E-state index in [1.165, 1.54) is 19.2 Å². The minimum absolute atomic E-state index is 0.0377. The van der Waals surface area contributed by atoms with Crippen molar-refractivity contribution in [2.45, 2.75) is 25.9 Å². The van der Waals surface area contributed by atoms with E-state index in [4.69, 9.17) is 4.74 Å². The number of nitrogens with zero attached hydrogens (tertiary/aromatic N) is 5. The first-order chi connectivity index (χ1) is 17.0. The third-order valence-electron chi connectivity index (χ3n) is 4.77. The molecule has 0 spiro atoms. The second-order valence-electron chi connectivity index (χ2n) is 7.30. The molecular weight excluding hydrogens is 512 g/mol. The Balaban J connectivity index is 1.79. The molecule has 0 bridgehead atoms. The molecular formula is C21H17F6N7OS. The predicted octanol–water partition coefficient (Wildman–Crippen LogP) is 5.90. The first-order valence-electron chi connectivity index (χ1n) is 10.3. The first kappa shape index (κ1) is 25.5. The summed E-state index contributed by atoms with van der Waals surface area (Å²) in [6.07, 6.45) is -8.60. The van der Waals surface area contributed by atoms with Gasteiger partial charge in [-0.15, -0.1) is 11.3 Å². The molecule has 0 aliphatic carbocycles. The van der Waals surface area contributed by atoms with Crippen molar-refractivity contribution in [1.29, 1.82) is 0 Å². The predicted molar refractivity (Wildman–Crippen MR) is 121 cm³/mol. The van der Waals surface area contributed by atoms with Crippen molar-refractivity contribution < 1.29 is 31.1 Å². The summed E-state index contributed by atoms with van der Waals surface area (Å²) in [4.78, 5) is 19.2. The van der Waals surface area contributed by atoms with Gasteiger partial charge in [-0.05, 0) is 25.1 Å². The van der Waals surface area contributed by atoms with Crippen molar-refractivity contribution in [3.05, 3.63) is 46.0 Å². The third kappa shape index (κ3) is 5.31. The summed E-state index contributed by atoms with van der Waals surface area (Å²) in [5.74, 6) is -0.542. The maximum Gasteiger partial charge on any atom is 0.427 e. The normalized spacial score (nSPS) is 12.2. The van der Waals surface area contributed by atoms with Gasteiger partial charge in [-0.25, -0.2) is 19.9 Å². The third-order valence-corrected chi connectivity index (χ3v) is 5.64. The molecule has 4 rings (SSSR count). The lowest BCUT2D eigenvalue weighted by molar-refractivity contribution is -0.137. The number of hydrogen-bond donors (Lipinski definition) is 2. The van der Waals surface area contributed by atoms with E-state index in [0.717, 1.165) is 5.51 Å². The van der Waals surface area contributed by atoms with Gasteiger partial charge >= 0.3 is 12.4 Å². The summed E-state index contributed by atoms with van der Waals surface area (Å²) in [7, 11) is 1.43. The van der Waals surface area contributed by atoms with E-state index in [2.05, 4.69) is 35.6 Å². The smallest absolute Gasteiger partial charge is 0.378 e. The zero-order valence-corrected chi connectivity index (χ0v) is 19.4. The Morgan fingerprint density at radius 1 is 1.00 bits per heavy atom. The monoisotopic (exact) mass is 529 g/mol. The molecule has 15 heteroatoms. The minimum Gasteiger partial charge on any atom is -0.378 e. The van der Waals surface area contributed by atoms with Gasteiger partial charge in [0.2, 0.25) is 5.95 Å². The van der Waals surface area contributed by atoms with Crippen LogP contribution in [0.5, 0.6) is 0 Å². The molecule has 8 nitrogen and oxygen atoms in total. The number of alkyl halides is 6. The molecule has 0 saturated heterocycles. The van der Waals surface area contributed by atoms with Crippen molar-refractivity contribution in [2.24, 2.45) is 0 Å². The number of hydrogen-bond acceptors (Lipinski definition) is 9. The fourth-order valence-corrected chi connectivity index (χ4v) is 3.98. The van der Waals surface area contributed by atoms with Gasteiger partial charge in [0.1, 0.15) is 22.0 Å². The second kappa shape index (κ2) is 9.81. The molecule has 0 aliphatic heterocycles. The van der Waals surface area contributed by atoms with Gasteiger partial charge in [0, 0.05) is 25.2 Å². The molecule has 4 heterocycles. The number of fused-ring (bicyclic) bond motifs is 1. The van der Waals surface area contributed by atoms with Crippen LogP contribution >= 0.6 is 11.3 Å².